The molecule has 0 unspecified atom stereocenters. The third-order valence-electron chi connectivity index (χ3n) is 2.55. The van der Waals surface area contributed by atoms with E-state index >= 15 is 0 Å². The molecule has 0 aromatic heterocycles. The molecule has 0 saturated carbocycles. The first kappa shape index (κ1) is 28.1. The SMILES string of the molecule is CCCS(CCC)(CCC)CCC.O.OBO.[KH]. The van der Waals surface area contributed by atoms with Gasteiger partial charge in [-0.3, -0.25) is 0 Å². The summed E-state index contributed by atoms with van der Waals surface area (Å²) < 4.78 is 0. The molecule has 0 heterocycles. The summed E-state index contributed by atoms with van der Waals surface area (Å²) in [5.74, 6) is 6.12. The minimum atomic E-state index is -0.750. The zero-order valence-corrected chi connectivity index (χ0v) is 13.0. The molecule has 0 aromatic carbocycles. The summed E-state index contributed by atoms with van der Waals surface area (Å²) in [6.07, 6.45) is 5.59. The standard InChI is InChI=1S/C12H28S.BH3O2.K.H2O.H/c1-5-9-13(10-6-2,11-7-3)12-8-4;2-1-3;;;/h5-12H2,1-4H3;1-3H;;1H2;. The van der Waals surface area contributed by atoms with Gasteiger partial charge in [0.2, 0.25) is 0 Å². The van der Waals surface area contributed by atoms with Crippen molar-refractivity contribution in [3.63, 3.8) is 0 Å². The Morgan fingerprint density at radius 3 is 1.00 bits per heavy atom. The first-order chi connectivity index (χ1) is 7.66. The van der Waals surface area contributed by atoms with E-state index in [4.69, 9.17) is 10.0 Å². The predicted octanol–water partition coefficient (Wildman–Crippen LogP) is 1.20. The van der Waals surface area contributed by atoms with Gasteiger partial charge in [0.15, 0.2) is 0 Å². The Morgan fingerprint density at radius 2 is 0.889 bits per heavy atom. The van der Waals surface area contributed by atoms with Gasteiger partial charge in [-0.15, -0.1) is 0 Å². The van der Waals surface area contributed by atoms with Crippen LogP contribution in [0.4, 0.5) is 0 Å². The van der Waals surface area contributed by atoms with Gasteiger partial charge in [0.1, 0.15) is 0 Å². The van der Waals surface area contributed by atoms with Crippen molar-refractivity contribution < 1.29 is 15.5 Å². The molecule has 0 aromatic rings. The Kier molecular flexibility index (Phi) is 33.2. The number of hydrogen-bond acceptors (Lipinski definition) is 2. The van der Waals surface area contributed by atoms with Gasteiger partial charge in [-0.2, -0.15) is 0 Å². The molecule has 0 aliphatic heterocycles. The van der Waals surface area contributed by atoms with Gasteiger partial charge in [0.05, 0.1) is 0 Å². The van der Waals surface area contributed by atoms with E-state index < -0.39 is 7.69 Å². The van der Waals surface area contributed by atoms with Crippen molar-refractivity contribution in [1.82, 2.24) is 0 Å². The van der Waals surface area contributed by atoms with Crippen LogP contribution in [-0.2, 0) is 0 Å². The molecular weight excluding hydrogens is 274 g/mol. The molecule has 0 spiro atoms. The molecule has 0 amide bonds. The minimum absolute atomic E-state index is 0. The molecule has 0 aliphatic carbocycles. The van der Waals surface area contributed by atoms with Gasteiger partial charge in [0.25, 0.3) is 0 Å². The first-order valence-electron chi connectivity index (χ1n) is 6.62. The normalized spacial score (nSPS) is 10.3. The maximum atomic E-state index is 7.12. The van der Waals surface area contributed by atoms with Crippen molar-refractivity contribution >= 4 is 69.1 Å². The van der Waals surface area contributed by atoms with E-state index in [1.165, 1.54) is 48.7 Å². The van der Waals surface area contributed by atoms with Gasteiger partial charge in [-0.05, 0) is 48.7 Å². The average molecular weight is 308 g/mol. The number of hydrogen-bond donors (Lipinski definition) is 2. The molecule has 6 heteroatoms. The molecular formula is C12H34BKO3S. The molecule has 0 aliphatic rings. The molecule has 0 saturated heterocycles. The summed E-state index contributed by atoms with van der Waals surface area (Å²) in [6.45, 7) is 9.40. The first-order valence-corrected chi connectivity index (χ1v) is 8.92. The summed E-state index contributed by atoms with van der Waals surface area (Å²) in [5, 5.41) is 14.2. The maximum absolute atomic E-state index is 7.12. The quantitative estimate of drug-likeness (QED) is 0.661. The fourth-order valence-electron chi connectivity index (χ4n) is 2.34. The van der Waals surface area contributed by atoms with Gasteiger partial charge < -0.3 is 15.5 Å². The Balaban J connectivity index is -0.000000177. The van der Waals surface area contributed by atoms with Gasteiger partial charge in [-0.1, -0.05) is 27.7 Å². The second kappa shape index (κ2) is 21.2. The Hall–Kier alpha value is 1.93. The topological polar surface area (TPSA) is 72.0 Å². The molecule has 0 rings (SSSR count). The molecule has 3 nitrogen and oxygen atoms in total. The average Bonchev–Trinajstić information content (AvgIpc) is 2.20. The van der Waals surface area contributed by atoms with Crippen LogP contribution >= 0.6 is 10.0 Å². The van der Waals surface area contributed by atoms with Crippen LogP contribution < -0.4 is 0 Å². The molecule has 0 fully saturated rings. The second-order valence-electron chi connectivity index (χ2n) is 4.18. The Morgan fingerprint density at radius 1 is 0.722 bits per heavy atom. The van der Waals surface area contributed by atoms with Crippen molar-refractivity contribution in [2.45, 2.75) is 53.4 Å². The summed E-state index contributed by atoms with van der Waals surface area (Å²) in [7, 11) is -0.947. The zero-order chi connectivity index (χ0) is 12.9. The van der Waals surface area contributed by atoms with Crippen LogP contribution in [0.1, 0.15) is 53.4 Å². The van der Waals surface area contributed by atoms with E-state index in [1.54, 1.807) is 0 Å². The van der Waals surface area contributed by atoms with Gasteiger partial charge in [-0.25, -0.2) is 10.0 Å². The summed E-state index contributed by atoms with van der Waals surface area (Å²) >= 11 is 0. The summed E-state index contributed by atoms with van der Waals surface area (Å²) in [6, 6.07) is 0. The van der Waals surface area contributed by atoms with Gasteiger partial charge >= 0.3 is 59.1 Å². The third kappa shape index (κ3) is 16.0. The van der Waals surface area contributed by atoms with E-state index in [0.717, 1.165) is 0 Å². The summed E-state index contributed by atoms with van der Waals surface area (Å²) in [4.78, 5) is 0. The van der Waals surface area contributed by atoms with Crippen LogP contribution in [0.3, 0.4) is 0 Å². The Labute approximate surface area is 159 Å². The van der Waals surface area contributed by atoms with Crippen LogP contribution in [0.5, 0.6) is 0 Å². The molecule has 0 radical (unpaired) electrons. The molecule has 4 N–H and O–H groups in total. The molecule has 0 atom stereocenters. The van der Waals surface area contributed by atoms with Crippen LogP contribution in [0.2, 0.25) is 0 Å². The van der Waals surface area contributed by atoms with Crippen molar-refractivity contribution in [1.29, 1.82) is 0 Å². The van der Waals surface area contributed by atoms with Crippen molar-refractivity contribution in [3.8, 4) is 0 Å². The van der Waals surface area contributed by atoms with Gasteiger partial charge in [0, 0.05) is 0 Å². The third-order valence-corrected chi connectivity index (χ3v) is 7.65. The number of rotatable bonds is 8. The van der Waals surface area contributed by atoms with Crippen LogP contribution in [0.25, 0.3) is 0 Å². The summed E-state index contributed by atoms with van der Waals surface area (Å²) in [5.41, 5.74) is 0. The monoisotopic (exact) mass is 308 g/mol. The van der Waals surface area contributed by atoms with Crippen LogP contribution in [0, 0.1) is 0 Å². The molecule has 0 bridgehead atoms. The fraction of sp³-hybridized carbons (Fsp3) is 1.00. The van der Waals surface area contributed by atoms with E-state index in [9.17, 15) is 0 Å². The second-order valence-corrected chi connectivity index (χ2v) is 8.27. The molecule has 110 valence electrons. The van der Waals surface area contributed by atoms with E-state index in [-0.39, 0.29) is 66.9 Å². The van der Waals surface area contributed by atoms with E-state index in [0.29, 0.717) is 0 Å². The van der Waals surface area contributed by atoms with E-state index in [1.807, 2.05) is 0 Å². The fourth-order valence-corrected chi connectivity index (χ4v) is 7.03. The molecule has 18 heavy (non-hydrogen) atoms. The Bertz CT molecular complexity index is 113. The van der Waals surface area contributed by atoms with Crippen molar-refractivity contribution in [3.05, 3.63) is 0 Å². The predicted molar refractivity (Wildman–Crippen MR) is 90.6 cm³/mol. The van der Waals surface area contributed by atoms with Crippen LogP contribution in [0.15, 0.2) is 0 Å². The van der Waals surface area contributed by atoms with Crippen molar-refractivity contribution in [2.24, 2.45) is 0 Å². The van der Waals surface area contributed by atoms with Crippen molar-refractivity contribution in [2.75, 3.05) is 23.0 Å². The van der Waals surface area contributed by atoms with Crippen LogP contribution in [-0.4, -0.2) is 97.6 Å². The van der Waals surface area contributed by atoms with E-state index in [2.05, 4.69) is 27.7 Å². The zero-order valence-electron chi connectivity index (χ0n) is 12.2.